The SMILES string of the molecule is COC(=O)C(O)CNC(=O)CCN1CCCC1. The summed E-state index contributed by atoms with van der Waals surface area (Å²) in [6.07, 6.45) is 1.51. The van der Waals surface area contributed by atoms with Crippen LogP contribution in [0.2, 0.25) is 0 Å². The summed E-state index contributed by atoms with van der Waals surface area (Å²) in [6.45, 7) is 2.75. The van der Waals surface area contributed by atoms with E-state index in [1.807, 2.05) is 0 Å². The van der Waals surface area contributed by atoms with Crippen LogP contribution in [-0.4, -0.2) is 61.3 Å². The maximum atomic E-state index is 11.4. The number of rotatable bonds is 6. The van der Waals surface area contributed by atoms with Crippen LogP contribution in [0.3, 0.4) is 0 Å². The molecule has 98 valence electrons. The molecule has 2 N–H and O–H groups in total. The van der Waals surface area contributed by atoms with Crippen molar-refractivity contribution in [2.75, 3.05) is 33.3 Å². The molecular weight excluding hydrogens is 224 g/mol. The van der Waals surface area contributed by atoms with Crippen molar-refractivity contribution >= 4 is 11.9 Å². The Morgan fingerprint density at radius 2 is 2.06 bits per heavy atom. The predicted molar refractivity (Wildman–Crippen MR) is 61.3 cm³/mol. The lowest BCUT2D eigenvalue weighted by atomic mass is 10.3. The molecule has 1 unspecified atom stereocenters. The Bertz CT molecular complexity index is 264. The van der Waals surface area contributed by atoms with Crippen LogP contribution in [0, 0.1) is 0 Å². The Balaban J connectivity index is 2.10. The van der Waals surface area contributed by atoms with E-state index in [0.717, 1.165) is 19.6 Å². The normalized spacial score (nSPS) is 17.8. The highest BCUT2D eigenvalue weighted by molar-refractivity contribution is 5.78. The summed E-state index contributed by atoms with van der Waals surface area (Å²) in [5, 5.41) is 11.8. The molecule has 0 saturated carbocycles. The third-order valence-electron chi connectivity index (χ3n) is 2.82. The second-order valence-corrected chi connectivity index (χ2v) is 4.14. The molecule has 1 rings (SSSR count). The van der Waals surface area contributed by atoms with Crippen molar-refractivity contribution in [3.8, 4) is 0 Å². The summed E-state index contributed by atoms with van der Waals surface area (Å²) in [4.78, 5) is 24.5. The van der Waals surface area contributed by atoms with Gasteiger partial charge in [0, 0.05) is 13.0 Å². The monoisotopic (exact) mass is 244 g/mol. The molecule has 1 saturated heterocycles. The first kappa shape index (κ1) is 13.9. The summed E-state index contributed by atoms with van der Waals surface area (Å²) >= 11 is 0. The lowest BCUT2D eigenvalue weighted by Crippen LogP contribution is -2.38. The molecule has 1 heterocycles. The van der Waals surface area contributed by atoms with Crippen molar-refractivity contribution in [2.24, 2.45) is 0 Å². The highest BCUT2D eigenvalue weighted by Gasteiger charge is 2.17. The van der Waals surface area contributed by atoms with Gasteiger partial charge in [-0.3, -0.25) is 4.79 Å². The Morgan fingerprint density at radius 3 is 2.65 bits per heavy atom. The van der Waals surface area contributed by atoms with E-state index in [4.69, 9.17) is 0 Å². The fourth-order valence-corrected chi connectivity index (χ4v) is 1.78. The third kappa shape index (κ3) is 5.14. The lowest BCUT2D eigenvalue weighted by molar-refractivity contribution is -0.150. The van der Waals surface area contributed by atoms with Gasteiger partial charge in [-0.15, -0.1) is 0 Å². The molecule has 0 spiro atoms. The first-order chi connectivity index (χ1) is 8.13. The third-order valence-corrected chi connectivity index (χ3v) is 2.82. The number of amides is 1. The van der Waals surface area contributed by atoms with E-state index >= 15 is 0 Å². The maximum Gasteiger partial charge on any atom is 0.336 e. The number of nitrogens with zero attached hydrogens (tertiary/aromatic N) is 1. The van der Waals surface area contributed by atoms with Crippen molar-refractivity contribution in [3.63, 3.8) is 0 Å². The van der Waals surface area contributed by atoms with E-state index in [2.05, 4.69) is 15.0 Å². The lowest BCUT2D eigenvalue weighted by Gasteiger charge is -2.14. The summed E-state index contributed by atoms with van der Waals surface area (Å²) in [6, 6.07) is 0. The number of hydrogen-bond acceptors (Lipinski definition) is 5. The minimum absolute atomic E-state index is 0.0918. The molecule has 0 aromatic carbocycles. The zero-order chi connectivity index (χ0) is 12.7. The van der Waals surface area contributed by atoms with Gasteiger partial charge in [0.15, 0.2) is 6.10 Å². The van der Waals surface area contributed by atoms with Crippen molar-refractivity contribution in [1.29, 1.82) is 0 Å². The highest BCUT2D eigenvalue weighted by atomic mass is 16.5. The largest absolute Gasteiger partial charge is 0.467 e. The van der Waals surface area contributed by atoms with Gasteiger partial charge in [0.1, 0.15) is 0 Å². The number of aliphatic hydroxyl groups excluding tert-OH is 1. The Hall–Kier alpha value is -1.14. The van der Waals surface area contributed by atoms with Crippen molar-refractivity contribution < 1.29 is 19.4 Å². The van der Waals surface area contributed by atoms with Gasteiger partial charge in [-0.05, 0) is 25.9 Å². The summed E-state index contributed by atoms with van der Waals surface area (Å²) < 4.78 is 4.34. The zero-order valence-corrected chi connectivity index (χ0v) is 10.1. The molecule has 6 nitrogen and oxygen atoms in total. The first-order valence-electron chi connectivity index (χ1n) is 5.88. The fourth-order valence-electron chi connectivity index (χ4n) is 1.78. The van der Waals surface area contributed by atoms with Gasteiger partial charge in [-0.25, -0.2) is 4.79 Å². The Labute approximate surface area is 101 Å². The number of methoxy groups -OCH3 is 1. The minimum Gasteiger partial charge on any atom is -0.467 e. The number of hydrogen-bond donors (Lipinski definition) is 2. The molecule has 1 aliphatic rings. The van der Waals surface area contributed by atoms with Crippen LogP contribution in [0.1, 0.15) is 19.3 Å². The fraction of sp³-hybridized carbons (Fsp3) is 0.818. The first-order valence-corrected chi connectivity index (χ1v) is 5.88. The highest BCUT2D eigenvalue weighted by Crippen LogP contribution is 2.07. The van der Waals surface area contributed by atoms with Gasteiger partial charge < -0.3 is 20.1 Å². The Morgan fingerprint density at radius 1 is 1.41 bits per heavy atom. The van der Waals surface area contributed by atoms with E-state index in [0.29, 0.717) is 6.42 Å². The van der Waals surface area contributed by atoms with Gasteiger partial charge in [-0.1, -0.05) is 0 Å². The second-order valence-electron chi connectivity index (χ2n) is 4.14. The molecule has 0 aromatic heterocycles. The second kappa shape index (κ2) is 7.24. The number of carbonyl (C=O) groups is 2. The smallest absolute Gasteiger partial charge is 0.336 e. The standard InChI is InChI=1S/C11H20N2O4/c1-17-11(16)9(14)8-12-10(15)4-7-13-5-2-3-6-13/h9,14H,2-8H2,1H3,(H,12,15). The topological polar surface area (TPSA) is 78.9 Å². The molecule has 17 heavy (non-hydrogen) atoms. The van der Waals surface area contributed by atoms with Crippen LogP contribution < -0.4 is 5.32 Å². The van der Waals surface area contributed by atoms with Gasteiger partial charge in [0.05, 0.1) is 13.7 Å². The van der Waals surface area contributed by atoms with E-state index in [1.54, 1.807) is 0 Å². The average molecular weight is 244 g/mol. The van der Waals surface area contributed by atoms with E-state index in [-0.39, 0.29) is 12.5 Å². The van der Waals surface area contributed by atoms with Crippen molar-refractivity contribution in [1.82, 2.24) is 10.2 Å². The van der Waals surface area contributed by atoms with Crippen molar-refractivity contribution in [2.45, 2.75) is 25.4 Å². The molecule has 0 aliphatic carbocycles. The zero-order valence-electron chi connectivity index (χ0n) is 10.1. The van der Waals surface area contributed by atoms with Gasteiger partial charge in [0.2, 0.25) is 5.91 Å². The molecule has 1 atom stereocenters. The van der Waals surface area contributed by atoms with Crippen LogP contribution in [0.4, 0.5) is 0 Å². The number of likely N-dealkylation sites (tertiary alicyclic amines) is 1. The number of esters is 1. The minimum atomic E-state index is -1.28. The van der Waals surface area contributed by atoms with Crippen LogP contribution in [0.15, 0.2) is 0 Å². The van der Waals surface area contributed by atoms with Crippen molar-refractivity contribution in [3.05, 3.63) is 0 Å². The summed E-state index contributed by atoms with van der Waals surface area (Å²) in [5.74, 6) is -0.885. The molecule has 0 aromatic rings. The van der Waals surface area contributed by atoms with Crippen LogP contribution in [0.25, 0.3) is 0 Å². The summed E-state index contributed by atoms with van der Waals surface area (Å²) in [7, 11) is 1.20. The van der Waals surface area contributed by atoms with Gasteiger partial charge in [-0.2, -0.15) is 0 Å². The summed E-state index contributed by atoms with van der Waals surface area (Å²) in [5.41, 5.74) is 0. The van der Waals surface area contributed by atoms with Gasteiger partial charge >= 0.3 is 5.97 Å². The average Bonchev–Trinajstić information content (AvgIpc) is 2.85. The maximum absolute atomic E-state index is 11.4. The van der Waals surface area contributed by atoms with E-state index in [1.165, 1.54) is 20.0 Å². The molecule has 1 fully saturated rings. The predicted octanol–water partition coefficient (Wildman–Crippen LogP) is -0.878. The van der Waals surface area contributed by atoms with Crippen LogP contribution >= 0.6 is 0 Å². The molecule has 0 bridgehead atoms. The molecule has 0 radical (unpaired) electrons. The van der Waals surface area contributed by atoms with Gasteiger partial charge in [0.25, 0.3) is 0 Å². The molecular formula is C11H20N2O4. The van der Waals surface area contributed by atoms with E-state index < -0.39 is 12.1 Å². The number of carbonyl (C=O) groups excluding carboxylic acids is 2. The molecule has 1 aliphatic heterocycles. The Kier molecular flexibility index (Phi) is 5.93. The molecule has 6 heteroatoms. The number of aliphatic hydroxyl groups is 1. The number of nitrogens with one attached hydrogen (secondary N) is 1. The molecule has 1 amide bonds. The van der Waals surface area contributed by atoms with Crippen LogP contribution in [0.5, 0.6) is 0 Å². The quantitative estimate of drug-likeness (QED) is 0.593. The number of ether oxygens (including phenoxy) is 1. The van der Waals surface area contributed by atoms with E-state index in [9.17, 15) is 14.7 Å². The van der Waals surface area contributed by atoms with Crippen LogP contribution in [-0.2, 0) is 14.3 Å².